The van der Waals surface area contributed by atoms with Gasteiger partial charge in [0.1, 0.15) is 17.1 Å². The highest BCUT2D eigenvalue weighted by Crippen LogP contribution is 2.48. The van der Waals surface area contributed by atoms with E-state index in [1.165, 1.54) is 24.3 Å². The molecule has 1 spiro atoms. The second-order valence-corrected chi connectivity index (χ2v) is 7.28. The summed E-state index contributed by atoms with van der Waals surface area (Å²) in [6, 6.07) is 3.11. The van der Waals surface area contributed by atoms with E-state index in [0.717, 1.165) is 0 Å². The summed E-state index contributed by atoms with van der Waals surface area (Å²) >= 11 is 6.28. The third kappa shape index (κ3) is 3.40. The minimum atomic E-state index is -0.951. The van der Waals surface area contributed by atoms with Gasteiger partial charge in [0.2, 0.25) is 0 Å². The molecule has 7 nitrogen and oxygen atoms in total. The van der Waals surface area contributed by atoms with E-state index < -0.39 is 17.3 Å². The molecule has 154 valence electrons. The van der Waals surface area contributed by atoms with Crippen molar-refractivity contribution in [3.05, 3.63) is 39.9 Å². The fourth-order valence-electron chi connectivity index (χ4n) is 3.81. The van der Waals surface area contributed by atoms with Crippen molar-refractivity contribution in [3.8, 4) is 0 Å². The maximum atomic E-state index is 15.0. The molecule has 1 fully saturated rings. The van der Waals surface area contributed by atoms with Gasteiger partial charge in [-0.1, -0.05) is 17.7 Å². The van der Waals surface area contributed by atoms with Crippen LogP contribution in [-0.4, -0.2) is 67.3 Å². The number of halogens is 2. The molecular formula is C19H24ClFN2O5. The number of rotatable bonds is 6. The molecule has 0 unspecified atom stereocenters. The Kier molecular flexibility index (Phi) is 6.26. The van der Waals surface area contributed by atoms with E-state index in [4.69, 9.17) is 25.9 Å². The van der Waals surface area contributed by atoms with Crippen LogP contribution in [0.2, 0.25) is 5.02 Å². The lowest BCUT2D eigenvalue weighted by atomic mass is 9.85. The van der Waals surface area contributed by atoms with Crippen LogP contribution < -0.4 is 0 Å². The van der Waals surface area contributed by atoms with Crippen molar-refractivity contribution in [1.82, 2.24) is 10.1 Å². The summed E-state index contributed by atoms with van der Waals surface area (Å²) in [7, 11) is 2.97. The molecule has 1 aromatic carbocycles. The molecule has 0 aliphatic carbocycles. The summed E-state index contributed by atoms with van der Waals surface area (Å²) in [6.07, 6.45) is 0.722. The summed E-state index contributed by atoms with van der Waals surface area (Å²) < 4.78 is 25.6. The van der Waals surface area contributed by atoms with Crippen LogP contribution in [-0.2, 0) is 19.1 Å². The molecule has 0 radical (unpaired) electrons. The van der Waals surface area contributed by atoms with Crippen LogP contribution in [0.5, 0.6) is 0 Å². The van der Waals surface area contributed by atoms with E-state index in [1.807, 2.05) is 0 Å². The van der Waals surface area contributed by atoms with E-state index in [9.17, 15) is 14.4 Å². The van der Waals surface area contributed by atoms with Gasteiger partial charge in [-0.3, -0.25) is 9.63 Å². The minimum absolute atomic E-state index is 0.00663. The number of ether oxygens (including phenoxy) is 2. The summed E-state index contributed by atoms with van der Waals surface area (Å²) in [5.74, 6) is -0.793. The number of nitrogens with zero attached hydrogens (tertiary/aromatic N) is 2. The smallest absolute Gasteiger partial charge is 0.282 e. The largest absolute Gasteiger partial charge is 0.498 e. The molecule has 2 aliphatic heterocycles. The summed E-state index contributed by atoms with van der Waals surface area (Å²) in [4.78, 5) is 19.1. The normalized spacial score (nSPS) is 19.8. The van der Waals surface area contributed by atoms with Gasteiger partial charge in [0.05, 0.1) is 30.9 Å². The molecule has 0 aromatic heterocycles. The number of carbonyl (C=O) groups excluding carboxylic acids is 1. The van der Waals surface area contributed by atoms with Gasteiger partial charge in [0.15, 0.2) is 0 Å². The third-order valence-corrected chi connectivity index (χ3v) is 5.56. The molecule has 0 atom stereocenters. The van der Waals surface area contributed by atoms with Gasteiger partial charge in [-0.2, -0.15) is 5.06 Å². The molecule has 0 bridgehead atoms. The first-order chi connectivity index (χ1) is 13.4. The van der Waals surface area contributed by atoms with Gasteiger partial charge < -0.3 is 14.7 Å². The van der Waals surface area contributed by atoms with Gasteiger partial charge in [-0.25, -0.2) is 9.45 Å². The van der Waals surface area contributed by atoms with Crippen LogP contribution >= 0.6 is 11.6 Å². The van der Waals surface area contributed by atoms with Crippen LogP contribution in [0.1, 0.15) is 24.0 Å². The van der Waals surface area contributed by atoms with Crippen molar-refractivity contribution in [2.24, 2.45) is 0 Å². The average Bonchev–Trinajstić information content (AvgIpc) is 2.90. The number of benzene rings is 1. The SMILES string of the molecule is COCCON1C(=O)C(c2c(Cl)ccc(C)c2F)=C(OC)C12CCN(O)CC2. The van der Waals surface area contributed by atoms with Gasteiger partial charge in [0, 0.05) is 25.8 Å². The molecule has 9 heteroatoms. The Morgan fingerprint density at radius 1 is 1.25 bits per heavy atom. The van der Waals surface area contributed by atoms with Crippen molar-refractivity contribution in [2.45, 2.75) is 25.3 Å². The molecule has 28 heavy (non-hydrogen) atoms. The lowest BCUT2D eigenvalue weighted by Crippen LogP contribution is -2.55. The Bertz CT molecular complexity index is 793. The standard InChI is InChI=1S/C19H24ClFN2O5/c1-12-4-5-13(20)14(16(12)21)15-17(27-3)19(6-8-22(25)9-7-19)23(18(15)24)28-11-10-26-2/h4-5,25H,6-11H2,1-3H3. The molecule has 1 amide bonds. The van der Waals surface area contributed by atoms with Gasteiger partial charge in [-0.15, -0.1) is 0 Å². The average molecular weight is 415 g/mol. The van der Waals surface area contributed by atoms with Crippen molar-refractivity contribution in [3.63, 3.8) is 0 Å². The molecule has 1 saturated heterocycles. The monoisotopic (exact) mass is 414 g/mol. The highest BCUT2D eigenvalue weighted by atomic mass is 35.5. The number of hydrogen-bond donors (Lipinski definition) is 1. The number of carbonyl (C=O) groups is 1. The first-order valence-corrected chi connectivity index (χ1v) is 9.39. The van der Waals surface area contributed by atoms with E-state index in [2.05, 4.69) is 0 Å². The first kappa shape index (κ1) is 21.0. The van der Waals surface area contributed by atoms with E-state index in [0.29, 0.717) is 37.3 Å². The quantitative estimate of drug-likeness (QED) is 0.722. The second-order valence-electron chi connectivity index (χ2n) is 6.87. The van der Waals surface area contributed by atoms with Crippen molar-refractivity contribution >= 4 is 23.1 Å². The predicted molar refractivity (Wildman–Crippen MR) is 100 cm³/mol. The van der Waals surface area contributed by atoms with E-state index in [1.54, 1.807) is 19.1 Å². The number of hydrogen-bond acceptors (Lipinski definition) is 6. The fourth-order valence-corrected chi connectivity index (χ4v) is 4.05. The van der Waals surface area contributed by atoms with Crippen LogP contribution in [0.3, 0.4) is 0 Å². The van der Waals surface area contributed by atoms with Gasteiger partial charge in [-0.05, 0) is 31.4 Å². The highest BCUT2D eigenvalue weighted by molar-refractivity contribution is 6.35. The van der Waals surface area contributed by atoms with Crippen molar-refractivity contribution in [2.75, 3.05) is 40.5 Å². The van der Waals surface area contributed by atoms with Gasteiger partial charge >= 0.3 is 0 Å². The van der Waals surface area contributed by atoms with E-state index >= 15 is 0 Å². The Morgan fingerprint density at radius 3 is 2.54 bits per heavy atom. The summed E-state index contributed by atoms with van der Waals surface area (Å²) in [6.45, 7) is 2.64. The Morgan fingerprint density at radius 2 is 1.93 bits per heavy atom. The van der Waals surface area contributed by atoms with Crippen LogP contribution in [0.25, 0.3) is 5.57 Å². The predicted octanol–water partition coefficient (Wildman–Crippen LogP) is 2.79. The Labute approximate surface area is 168 Å². The molecule has 1 aromatic rings. The molecule has 2 heterocycles. The second kappa shape index (κ2) is 8.34. The maximum Gasteiger partial charge on any atom is 0.282 e. The van der Waals surface area contributed by atoms with Crippen molar-refractivity contribution in [1.29, 1.82) is 0 Å². The van der Waals surface area contributed by atoms with Crippen LogP contribution in [0.15, 0.2) is 17.9 Å². The molecule has 2 aliphatic rings. The Balaban J connectivity index is 2.15. The van der Waals surface area contributed by atoms with Crippen LogP contribution in [0.4, 0.5) is 4.39 Å². The first-order valence-electron chi connectivity index (χ1n) is 9.01. The number of hydroxylamine groups is 4. The number of amides is 1. The van der Waals surface area contributed by atoms with E-state index in [-0.39, 0.29) is 29.4 Å². The molecule has 3 rings (SSSR count). The zero-order valence-corrected chi connectivity index (χ0v) is 16.9. The molecular weight excluding hydrogens is 391 g/mol. The lowest BCUT2D eigenvalue weighted by Gasteiger charge is -2.42. The van der Waals surface area contributed by atoms with Crippen LogP contribution in [0, 0.1) is 12.7 Å². The number of aryl methyl sites for hydroxylation is 1. The zero-order valence-electron chi connectivity index (χ0n) is 16.1. The lowest BCUT2D eigenvalue weighted by molar-refractivity contribution is -0.231. The zero-order chi connectivity index (χ0) is 20.5. The third-order valence-electron chi connectivity index (χ3n) is 5.25. The number of piperidine rings is 1. The summed E-state index contributed by atoms with van der Waals surface area (Å²) in [5.41, 5.74) is -0.522. The minimum Gasteiger partial charge on any atom is -0.498 e. The van der Waals surface area contributed by atoms with Crippen molar-refractivity contribution < 1.29 is 28.7 Å². The fraction of sp³-hybridized carbons (Fsp3) is 0.526. The number of methoxy groups -OCH3 is 2. The Hall–Kier alpha value is -1.71. The topological polar surface area (TPSA) is 71.5 Å². The molecule has 1 N–H and O–H groups in total. The van der Waals surface area contributed by atoms with Gasteiger partial charge in [0.25, 0.3) is 5.91 Å². The molecule has 0 saturated carbocycles. The summed E-state index contributed by atoms with van der Waals surface area (Å²) in [5, 5.41) is 12.4. The maximum absolute atomic E-state index is 15.0. The highest BCUT2D eigenvalue weighted by Gasteiger charge is 2.56.